The van der Waals surface area contributed by atoms with Gasteiger partial charge in [0.25, 0.3) is 0 Å². The summed E-state index contributed by atoms with van der Waals surface area (Å²) in [5.41, 5.74) is 2.52. The van der Waals surface area contributed by atoms with Crippen molar-refractivity contribution < 1.29 is 5.11 Å². The van der Waals surface area contributed by atoms with Gasteiger partial charge in [0.1, 0.15) is 0 Å². The quantitative estimate of drug-likeness (QED) is 0.827. The van der Waals surface area contributed by atoms with E-state index in [1.807, 2.05) is 11.8 Å². The molecule has 0 spiro atoms. The van der Waals surface area contributed by atoms with Crippen LogP contribution in [0.2, 0.25) is 0 Å². The van der Waals surface area contributed by atoms with Crippen LogP contribution in [0.3, 0.4) is 0 Å². The summed E-state index contributed by atoms with van der Waals surface area (Å²) in [6, 6.07) is 6.53. The molecule has 2 heteroatoms. The molecular weight excluding hydrogens is 204 g/mol. The Bertz CT molecular complexity index is 396. The molecule has 1 nitrogen and oxygen atoms in total. The predicted octanol–water partition coefficient (Wildman–Crippen LogP) is 2.79. The summed E-state index contributed by atoms with van der Waals surface area (Å²) in [4.78, 5) is 1.43. The molecule has 1 aliphatic carbocycles. The van der Waals surface area contributed by atoms with E-state index in [0.717, 1.165) is 19.3 Å². The Kier molecular flexibility index (Phi) is 2.12. The van der Waals surface area contributed by atoms with E-state index >= 15 is 0 Å². The van der Waals surface area contributed by atoms with Crippen LogP contribution in [0.15, 0.2) is 23.1 Å². The van der Waals surface area contributed by atoms with Gasteiger partial charge in [-0.3, -0.25) is 0 Å². The van der Waals surface area contributed by atoms with Crippen molar-refractivity contribution in [2.75, 3.05) is 0 Å². The highest BCUT2D eigenvalue weighted by molar-refractivity contribution is 8.00. The Morgan fingerprint density at radius 2 is 2.27 bits per heavy atom. The molecule has 1 unspecified atom stereocenters. The minimum absolute atomic E-state index is 0.356. The standard InChI is InChI=1S/C13H16OS/c1-9-7-11-10(8-13(14)5-6-13)3-2-4-12(11)15-9/h2-4,9,14H,5-8H2,1H3. The van der Waals surface area contributed by atoms with Crippen LogP contribution in [-0.2, 0) is 12.8 Å². The first-order chi connectivity index (χ1) is 7.16. The van der Waals surface area contributed by atoms with E-state index in [1.54, 1.807) is 0 Å². The molecule has 1 fully saturated rings. The molecule has 80 valence electrons. The zero-order valence-corrected chi connectivity index (χ0v) is 9.81. The average molecular weight is 220 g/mol. The molecule has 1 saturated carbocycles. The zero-order chi connectivity index (χ0) is 10.5. The first-order valence-corrected chi connectivity index (χ1v) is 6.54. The fourth-order valence-corrected chi connectivity index (χ4v) is 3.54. The van der Waals surface area contributed by atoms with Gasteiger partial charge in [0.05, 0.1) is 5.60 Å². The van der Waals surface area contributed by atoms with Gasteiger partial charge in [-0.1, -0.05) is 19.1 Å². The lowest BCUT2D eigenvalue weighted by atomic mass is 9.98. The Labute approximate surface area is 94.9 Å². The van der Waals surface area contributed by atoms with Crippen molar-refractivity contribution in [1.29, 1.82) is 0 Å². The summed E-state index contributed by atoms with van der Waals surface area (Å²) in [5.74, 6) is 0. The van der Waals surface area contributed by atoms with Crippen molar-refractivity contribution in [3.63, 3.8) is 0 Å². The minimum atomic E-state index is -0.356. The van der Waals surface area contributed by atoms with Crippen molar-refractivity contribution in [3.05, 3.63) is 29.3 Å². The van der Waals surface area contributed by atoms with E-state index in [2.05, 4.69) is 25.1 Å². The molecule has 1 atom stereocenters. The maximum Gasteiger partial charge on any atom is 0.0690 e. The Balaban J connectivity index is 1.92. The normalized spacial score (nSPS) is 26.4. The Morgan fingerprint density at radius 3 is 3.00 bits per heavy atom. The third-order valence-corrected chi connectivity index (χ3v) is 4.60. The molecule has 3 rings (SSSR count). The molecule has 0 radical (unpaired) electrons. The molecule has 2 aliphatic rings. The summed E-state index contributed by atoms with van der Waals surface area (Å²) in [7, 11) is 0. The molecule has 1 heterocycles. The predicted molar refractivity (Wildman–Crippen MR) is 63.4 cm³/mol. The fraction of sp³-hybridized carbons (Fsp3) is 0.538. The third kappa shape index (κ3) is 1.81. The highest BCUT2D eigenvalue weighted by atomic mass is 32.2. The molecule has 1 N–H and O–H groups in total. The molecular formula is C13H16OS. The van der Waals surface area contributed by atoms with Gasteiger partial charge < -0.3 is 5.11 Å². The average Bonchev–Trinajstić information content (AvgIpc) is 2.76. The smallest absolute Gasteiger partial charge is 0.0690 e. The first kappa shape index (κ1) is 9.73. The summed E-state index contributed by atoms with van der Waals surface area (Å²) >= 11 is 1.97. The number of hydrogen-bond donors (Lipinski definition) is 1. The maximum atomic E-state index is 9.97. The lowest BCUT2D eigenvalue weighted by Gasteiger charge is -2.11. The highest BCUT2D eigenvalue weighted by Gasteiger charge is 2.41. The van der Waals surface area contributed by atoms with Crippen molar-refractivity contribution in [3.8, 4) is 0 Å². The fourth-order valence-electron chi connectivity index (χ4n) is 2.34. The van der Waals surface area contributed by atoms with E-state index in [1.165, 1.54) is 22.4 Å². The number of hydrogen-bond acceptors (Lipinski definition) is 2. The van der Waals surface area contributed by atoms with Crippen LogP contribution in [0.25, 0.3) is 0 Å². The van der Waals surface area contributed by atoms with Gasteiger partial charge in [-0.15, -0.1) is 11.8 Å². The van der Waals surface area contributed by atoms with Crippen LogP contribution in [0, 0.1) is 0 Å². The van der Waals surface area contributed by atoms with Crippen LogP contribution in [0.4, 0.5) is 0 Å². The number of rotatable bonds is 2. The van der Waals surface area contributed by atoms with Crippen LogP contribution < -0.4 is 0 Å². The first-order valence-electron chi connectivity index (χ1n) is 5.66. The van der Waals surface area contributed by atoms with Gasteiger partial charge in [-0.2, -0.15) is 0 Å². The van der Waals surface area contributed by atoms with Crippen molar-refractivity contribution in [2.24, 2.45) is 0 Å². The van der Waals surface area contributed by atoms with Gasteiger partial charge in [0, 0.05) is 16.6 Å². The van der Waals surface area contributed by atoms with Crippen molar-refractivity contribution in [1.82, 2.24) is 0 Å². The lowest BCUT2D eigenvalue weighted by molar-refractivity contribution is 0.150. The largest absolute Gasteiger partial charge is 0.390 e. The number of fused-ring (bicyclic) bond motifs is 1. The maximum absolute atomic E-state index is 9.97. The molecule has 1 aromatic carbocycles. The van der Waals surface area contributed by atoms with E-state index in [0.29, 0.717) is 5.25 Å². The molecule has 1 aliphatic heterocycles. The number of benzene rings is 1. The lowest BCUT2D eigenvalue weighted by Crippen LogP contribution is -2.12. The molecule has 0 bridgehead atoms. The summed E-state index contributed by atoms with van der Waals surface area (Å²) in [6.45, 7) is 2.28. The molecule has 1 aromatic rings. The van der Waals surface area contributed by atoms with Crippen LogP contribution >= 0.6 is 11.8 Å². The molecule has 15 heavy (non-hydrogen) atoms. The van der Waals surface area contributed by atoms with E-state index in [-0.39, 0.29) is 5.60 Å². The third-order valence-electron chi connectivity index (χ3n) is 3.40. The van der Waals surface area contributed by atoms with Crippen molar-refractivity contribution in [2.45, 2.75) is 48.4 Å². The Hall–Kier alpha value is -0.470. The topological polar surface area (TPSA) is 20.2 Å². The Morgan fingerprint density at radius 1 is 1.47 bits per heavy atom. The van der Waals surface area contributed by atoms with Crippen molar-refractivity contribution >= 4 is 11.8 Å². The molecule has 0 saturated heterocycles. The van der Waals surface area contributed by atoms with E-state index in [9.17, 15) is 5.11 Å². The highest BCUT2D eigenvalue weighted by Crippen LogP contribution is 2.43. The van der Waals surface area contributed by atoms with Gasteiger partial charge in [-0.05, 0) is 36.5 Å². The number of aliphatic hydroxyl groups is 1. The van der Waals surface area contributed by atoms with Gasteiger partial charge in [0.15, 0.2) is 0 Å². The van der Waals surface area contributed by atoms with Crippen LogP contribution in [0.1, 0.15) is 30.9 Å². The second kappa shape index (κ2) is 3.26. The van der Waals surface area contributed by atoms with Gasteiger partial charge >= 0.3 is 0 Å². The van der Waals surface area contributed by atoms with Gasteiger partial charge in [-0.25, -0.2) is 0 Å². The van der Waals surface area contributed by atoms with Gasteiger partial charge in [0.2, 0.25) is 0 Å². The number of thioether (sulfide) groups is 1. The summed E-state index contributed by atoms with van der Waals surface area (Å²) in [5, 5.41) is 10.7. The second-order valence-electron chi connectivity index (χ2n) is 4.93. The summed E-state index contributed by atoms with van der Waals surface area (Å²) < 4.78 is 0. The van der Waals surface area contributed by atoms with Crippen LogP contribution in [-0.4, -0.2) is 16.0 Å². The SMILES string of the molecule is CC1Cc2c(CC3(O)CC3)cccc2S1. The summed E-state index contributed by atoms with van der Waals surface area (Å²) in [6.07, 6.45) is 4.01. The van der Waals surface area contributed by atoms with E-state index in [4.69, 9.17) is 0 Å². The molecule has 0 aromatic heterocycles. The minimum Gasteiger partial charge on any atom is -0.390 e. The van der Waals surface area contributed by atoms with E-state index < -0.39 is 0 Å². The monoisotopic (exact) mass is 220 g/mol. The molecule has 0 amide bonds. The van der Waals surface area contributed by atoms with Crippen LogP contribution in [0.5, 0.6) is 0 Å². The second-order valence-corrected chi connectivity index (χ2v) is 6.41. The zero-order valence-electron chi connectivity index (χ0n) is 8.99.